The van der Waals surface area contributed by atoms with Crippen molar-refractivity contribution in [2.75, 3.05) is 34.8 Å². The van der Waals surface area contributed by atoms with Gasteiger partial charge in [0.2, 0.25) is 17.4 Å². The summed E-state index contributed by atoms with van der Waals surface area (Å²) in [5.41, 5.74) is 15.7. The van der Waals surface area contributed by atoms with E-state index in [1.807, 2.05) is 85.9 Å². The Labute approximate surface area is 819 Å². The van der Waals surface area contributed by atoms with Crippen molar-refractivity contribution >= 4 is 119 Å². The maximum atomic E-state index is 12.3. The number of fused-ring (bicyclic) bond motifs is 4. The van der Waals surface area contributed by atoms with Crippen LogP contribution in [0.4, 0.5) is 43.3 Å². The van der Waals surface area contributed by atoms with E-state index in [4.69, 9.17) is 66.4 Å². The van der Waals surface area contributed by atoms with Gasteiger partial charge in [-0.05, 0) is 189 Å². The van der Waals surface area contributed by atoms with E-state index in [0.29, 0.717) is 49.5 Å². The van der Waals surface area contributed by atoms with Crippen LogP contribution in [0.25, 0.3) is 0 Å². The third-order valence-electron chi connectivity index (χ3n) is 17.8. The van der Waals surface area contributed by atoms with E-state index in [2.05, 4.69) is 220 Å². The quantitative estimate of drug-likeness (QED) is 0.0259. The van der Waals surface area contributed by atoms with Crippen molar-refractivity contribution < 1.29 is 217 Å². The van der Waals surface area contributed by atoms with Gasteiger partial charge < -0.3 is 70.9 Å². The molecule has 2 saturated carbocycles. The van der Waals surface area contributed by atoms with Gasteiger partial charge in [0.1, 0.15) is 34.3 Å². The van der Waals surface area contributed by atoms with E-state index < -0.39 is 45.1 Å². The van der Waals surface area contributed by atoms with Gasteiger partial charge in [-0.1, -0.05) is 184 Å². The number of amides is 2. The molecule has 0 atom stereocenters. The SMILES string of the molecule is CC(=O)O.CC(=O)O.CC(C)(C)OC(=O)N1CCc2cc(N)ccc2C1.CC1(C)c2cccc(P(c3ccccc3)c3ccccc3)c2Oc2c(P(c3ccccc3)c3ccccc3)cccc21.Cc1cnc(Cl)nc1NC1CC1.Cc1cnc(Nc2ccc3c(c2)CCN(C(=O)OC(C)(C)C)C3)nc1NC1CC1.O=C([O-])O.[Cs+].[Cs+].[Pd]. The number of carboxylic acids is 2. The van der Waals surface area contributed by atoms with E-state index in [1.54, 1.807) is 16.0 Å². The Bertz CT molecular complexity index is 4660. The average Bonchev–Trinajstić information content (AvgIpc) is 1.29. The molecule has 8 N–H and O–H groups in total. The largest absolute Gasteiger partial charge is 1.00 e. The number of para-hydroxylation sites is 2. The van der Waals surface area contributed by atoms with Crippen molar-refractivity contribution in [1.82, 2.24) is 29.7 Å². The van der Waals surface area contributed by atoms with Gasteiger partial charge in [0.05, 0.1) is 0 Å². The number of nitrogens with two attached hydrogens (primary N) is 1. The molecule has 5 heterocycles. The molecule has 10 aromatic rings. The summed E-state index contributed by atoms with van der Waals surface area (Å²) in [7, 11) is -1.65. The first kappa shape index (κ1) is 98.4. The molecule has 0 radical (unpaired) electrons. The molecule has 5 aliphatic rings. The fraction of sp³-hybridized carbons (Fsp3) is 0.307. The van der Waals surface area contributed by atoms with E-state index >= 15 is 0 Å². The molecule has 602 valence electrons. The van der Waals surface area contributed by atoms with Crippen molar-refractivity contribution in [2.45, 2.75) is 163 Å². The van der Waals surface area contributed by atoms with Gasteiger partial charge in [0.15, 0.2) is 0 Å². The van der Waals surface area contributed by atoms with E-state index in [1.165, 1.54) is 79.8 Å². The summed E-state index contributed by atoms with van der Waals surface area (Å²) in [5, 5.41) is 48.3. The summed E-state index contributed by atoms with van der Waals surface area (Å²) in [4.78, 5) is 71.3. The first-order valence-corrected chi connectivity index (χ1v) is 40.4. The topological polar surface area (TPSA) is 317 Å². The molecule has 0 spiro atoms. The Kier molecular flexibility index (Phi) is 39.4. The molecule has 8 aromatic carbocycles. The predicted molar refractivity (Wildman–Crippen MR) is 450 cm³/mol. The number of nitrogens with zero attached hydrogens (tertiary/aromatic N) is 6. The van der Waals surface area contributed by atoms with Crippen LogP contribution >= 0.6 is 27.4 Å². The van der Waals surface area contributed by atoms with Gasteiger partial charge >= 0.3 is 150 Å². The second kappa shape index (κ2) is 46.4. The molecule has 2 aliphatic carbocycles. The number of carbonyl (C=O) groups excluding carboxylic acids is 2. The van der Waals surface area contributed by atoms with Gasteiger partial charge in [-0.15, -0.1) is 0 Å². The standard InChI is InChI=1S/C39H32OP2.C22H29N5O2.C14H20N2O2.C8H10ClN3.2C2H4O2.CH2O3.2Cs.Pd/c1-39(2)33-25-15-27-35(41(29-17-7-3-8-18-29)30-19-9-4-10-20-30)37(33)40-38-34(39)26-16-28-36(38)42(31-21-11-5-12-22-31)32-23-13-6-14-24-32;1-14-12-23-20(26-19(14)24-17-7-8-17)25-18-6-5-16-13-27(10-9-15(16)11-18)21(28)29-22(2,3)4;1-14(2,3)18-13(17)16-7-6-10-8-12(15)5-4-11(10)9-16;1-5-4-10-8(9)12-7(5)11-6-2-3-6;2*1-2(3)4;2-1(3)4;;;/h3-28H,1-2H3;5-6,11-12,17H,7-10,13H2,1-4H3,(H2,23,24,25,26);4-5,8H,6-7,9,15H2,1-3H3;4,6H,2-3H2,1H3,(H,10,11,12);2*1H3,(H,3,4);(H2,2,3,4);;;/q;;;;;;;2*+1;/p-1. The molecule has 0 unspecified atom stereocenters. The van der Waals surface area contributed by atoms with E-state index in [0.717, 1.165) is 83.5 Å². The smallest absolute Gasteiger partial charge is 0.565 e. The average molecular weight is 1960 g/mol. The van der Waals surface area contributed by atoms with Crippen LogP contribution in [0, 0.1) is 13.8 Å². The molecule has 22 nitrogen and oxygen atoms in total. The second-order valence-corrected chi connectivity index (χ2v) is 34.7. The zero-order valence-corrected chi connectivity index (χ0v) is 84.9. The minimum atomic E-state index is -2.08. The number of aryl methyl sites for hydroxylation is 2. The van der Waals surface area contributed by atoms with Crippen LogP contribution in [-0.2, 0) is 70.8 Å². The van der Waals surface area contributed by atoms with Crippen LogP contribution in [-0.4, -0.2) is 112 Å². The third kappa shape index (κ3) is 30.7. The van der Waals surface area contributed by atoms with Crippen LogP contribution in [0.15, 0.2) is 207 Å². The number of rotatable bonds is 12. The number of anilines is 5. The number of nitrogens with one attached hydrogen (secondary N) is 3. The van der Waals surface area contributed by atoms with E-state index in [9.17, 15) is 9.59 Å². The number of aliphatic carboxylic acids is 2. The molecule has 3 aliphatic heterocycles. The minimum Gasteiger partial charge on any atom is -0.565 e. The van der Waals surface area contributed by atoms with Gasteiger partial charge in [-0.3, -0.25) is 9.59 Å². The molecular formula is C88H100ClCs2N10O12P2Pd+. The molecule has 116 heavy (non-hydrogen) atoms. The number of carboxylic acid groups (broad SMARTS) is 4. The zero-order valence-electron chi connectivity index (χ0n) is 68.2. The first-order valence-electron chi connectivity index (χ1n) is 37.3. The number of benzene rings is 8. The van der Waals surface area contributed by atoms with E-state index in [-0.39, 0.29) is 176 Å². The molecule has 2 fully saturated rings. The summed E-state index contributed by atoms with van der Waals surface area (Å²) in [5.74, 6) is 2.72. The van der Waals surface area contributed by atoms with Crippen molar-refractivity contribution in [1.29, 1.82) is 0 Å². The Morgan fingerprint density at radius 3 is 1.28 bits per heavy atom. The molecule has 2 amide bonds. The van der Waals surface area contributed by atoms with Crippen molar-refractivity contribution in [2.24, 2.45) is 0 Å². The Morgan fingerprint density at radius 1 is 0.543 bits per heavy atom. The fourth-order valence-corrected chi connectivity index (χ4v) is 17.3. The summed E-state index contributed by atoms with van der Waals surface area (Å²) in [6.45, 7) is 24.7. The monoisotopic (exact) mass is 1960 g/mol. The number of aromatic nitrogens is 4. The summed E-state index contributed by atoms with van der Waals surface area (Å²) in [6, 6.07) is 70.4. The third-order valence-corrected chi connectivity index (χ3v) is 23.0. The Morgan fingerprint density at radius 2 is 0.905 bits per heavy atom. The summed E-state index contributed by atoms with van der Waals surface area (Å²) < 4.78 is 18.1. The summed E-state index contributed by atoms with van der Waals surface area (Å²) >= 11 is 5.66. The van der Waals surface area contributed by atoms with Gasteiger partial charge in [0, 0.05) is 135 Å². The minimum absolute atomic E-state index is 0. The normalized spacial score (nSPS) is 13.5. The number of nitrogen functional groups attached to an aromatic ring is 1. The molecule has 0 bridgehead atoms. The summed E-state index contributed by atoms with van der Waals surface area (Å²) in [6.07, 6.45) is 7.51. The maximum absolute atomic E-state index is 12.3. The number of hydrogen-bond acceptors (Lipinski definition) is 17. The molecule has 2 aromatic heterocycles. The van der Waals surface area contributed by atoms with Gasteiger partial charge in [0.25, 0.3) is 11.9 Å². The maximum Gasteiger partial charge on any atom is 1.00 e. The van der Waals surface area contributed by atoms with Gasteiger partial charge in [-0.25, -0.2) is 24.5 Å². The van der Waals surface area contributed by atoms with Crippen LogP contribution in [0.5, 0.6) is 11.5 Å². The molecule has 28 heteroatoms. The van der Waals surface area contributed by atoms with Crippen LogP contribution in [0.3, 0.4) is 0 Å². The van der Waals surface area contributed by atoms with Crippen molar-refractivity contribution in [3.63, 3.8) is 0 Å². The fourth-order valence-electron chi connectivity index (χ4n) is 12.4. The van der Waals surface area contributed by atoms with Crippen LogP contribution < -0.4 is 201 Å². The molecule has 15 rings (SSSR count). The van der Waals surface area contributed by atoms with Crippen molar-refractivity contribution in [3.8, 4) is 11.5 Å². The number of hydrogen-bond donors (Lipinski definition) is 7. The zero-order chi connectivity index (χ0) is 81.7. The predicted octanol–water partition coefficient (Wildman–Crippen LogP) is 9.68. The molecule has 0 saturated heterocycles. The number of halogens is 1. The second-order valence-electron chi connectivity index (χ2n) is 30.0. The number of carbonyl (C=O) groups is 5. The first-order chi connectivity index (χ1) is 53.7. The van der Waals surface area contributed by atoms with Crippen LogP contribution in [0.2, 0.25) is 5.28 Å². The Hall–Kier alpha value is -6.41. The van der Waals surface area contributed by atoms with Gasteiger partial charge in [-0.2, -0.15) is 4.98 Å². The van der Waals surface area contributed by atoms with Crippen molar-refractivity contribution in [3.05, 3.63) is 256 Å². The Balaban J connectivity index is 0.000000245. The molecular weight excluding hydrogens is 1860 g/mol. The number of ether oxygens (including phenoxy) is 3. The van der Waals surface area contributed by atoms with Crippen LogP contribution in [0.1, 0.15) is 139 Å².